The Bertz CT molecular complexity index is 1510. The number of hydrogen-bond donors (Lipinski definition) is 1. The fourth-order valence-electron chi connectivity index (χ4n) is 4.80. The van der Waals surface area contributed by atoms with Gasteiger partial charge in [-0.25, -0.2) is 8.42 Å². The highest BCUT2D eigenvalue weighted by atomic mass is 32.2. The van der Waals surface area contributed by atoms with Gasteiger partial charge < -0.3 is 24.4 Å². The van der Waals surface area contributed by atoms with Crippen LogP contribution in [0.2, 0.25) is 0 Å². The standard InChI is InChI=1S/C33H43N3O7S/c1-7-19-34-33(38)29(8-2)35(22-25-12-10-11-24(4)20-25)32(37)23-36(26-13-15-27(16-14-26)43-9-3)44(39,40)28-17-18-30(41-5)31(21-28)42-6/h10-18,20-21,29H,7-9,19,22-23H2,1-6H3,(H,34,38)/t29-/m1/s1. The molecule has 2 amide bonds. The van der Waals surface area contributed by atoms with Gasteiger partial charge in [0, 0.05) is 19.2 Å². The first-order chi connectivity index (χ1) is 21.1. The molecule has 238 valence electrons. The fraction of sp³-hybridized carbons (Fsp3) is 0.394. The van der Waals surface area contributed by atoms with Gasteiger partial charge in [0.2, 0.25) is 11.8 Å². The molecule has 44 heavy (non-hydrogen) atoms. The Morgan fingerprint density at radius 2 is 1.61 bits per heavy atom. The molecule has 0 bridgehead atoms. The number of rotatable bonds is 16. The summed E-state index contributed by atoms with van der Waals surface area (Å²) >= 11 is 0. The molecule has 0 saturated carbocycles. The van der Waals surface area contributed by atoms with E-state index in [1.165, 1.54) is 37.3 Å². The summed E-state index contributed by atoms with van der Waals surface area (Å²) in [5, 5.41) is 2.89. The van der Waals surface area contributed by atoms with Crippen molar-refractivity contribution in [2.45, 2.75) is 58.0 Å². The van der Waals surface area contributed by atoms with Crippen molar-refractivity contribution in [1.82, 2.24) is 10.2 Å². The van der Waals surface area contributed by atoms with E-state index in [4.69, 9.17) is 14.2 Å². The average Bonchev–Trinajstić information content (AvgIpc) is 3.02. The van der Waals surface area contributed by atoms with E-state index in [1.807, 2.05) is 52.0 Å². The molecule has 1 N–H and O–H groups in total. The molecule has 10 nitrogen and oxygen atoms in total. The van der Waals surface area contributed by atoms with Crippen LogP contribution in [0.4, 0.5) is 5.69 Å². The predicted octanol–water partition coefficient (Wildman–Crippen LogP) is 4.94. The number of nitrogens with zero attached hydrogens (tertiary/aromatic N) is 2. The van der Waals surface area contributed by atoms with Crippen molar-refractivity contribution in [3.8, 4) is 17.2 Å². The van der Waals surface area contributed by atoms with Crippen molar-refractivity contribution >= 4 is 27.5 Å². The normalized spacial score (nSPS) is 11.8. The third kappa shape index (κ3) is 8.43. The Morgan fingerprint density at radius 3 is 2.20 bits per heavy atom. The van der Waals surface area contributed by atoms with Crippen molar-refractivity contribution < 1.29 is 32.2 Å². The first-order valence-corrected chi connectivity index (χ1v) is 16.1. The number of benzene rings is 3. The van der Waals surface area contributed by atoms with Gasteiger partial charge >= 0.3 is 0 Å². The zero-order chi connectivity index (χ0) is 32.3. The molecular formula is C33H43N3O7S. The van der Waals surface area contributed by atoms with Crippen molar-refractivity contribution in [2.24, 2.45) is 0 Å². The van der Waals surface area contributed by atoms with E-state index in [2.05, 4.69) is 5.32 Å². The van der Waals surface area contributed by atoms with Crippen LogP contribution in [0, 0.1) is 6.92 Å². The minimum atomic E-state index is -4.30. The minimum Gasteiger partial charge on any atom is -0.494 e. The zero-order valence-corrected chi connectivity index (χ0v) is 27.1. The summed E-state index contributed by atoms with van der Waals surface area (Å²) in [5.74, 6) is 0.342. The van der Waals surface area contributed by atoms with E-state index in [9.17, 15) is 18.0 Å². The number of anilines is 1. The molecule has 3 aromatic carbocycles. The molecule has 0 spiro atoms. The minimum absolute atomic E-state index is 0.0881. The lowest BCUT2D eigenvalue weighted by atomic mass is 10.1. The largest absolute Gasteiger partial charge is 0.494 e. The summed E-state index contributed by atoms with van der Waals surface area (Å²) < 4.78 is 45.7. The average molecular weight is 626 g/mol. The van der Waals surface area contributed by atoms with Gasteiger partial charge in [-0.1, -0.05) is 43.7 Å². The number of carbonyl (C=O) groups is 2. The summed E-state index contributed by atoms with van der Waals surface area (Å²) in [5.41, 5.74) is 2.09. The Hall–Kier alpha value is -4.25. The monoisotopic (exact) mass is 625 g/mol. The topological polar surface area (TPSA) is 114 Å². The van der Waals surface area contributed by atoms with Crippen LogP contribution in [0.1, 0.15) is 44.7 Å². The summed E-state index contributed by atoms with van der Waals surface area (Å²) in [6.07, 6.45) is 1.08. The van der Waals surface area contributed by atoms with E-state index in [1.54, 1.807) is 24.3 Å². The Labute approximate surface area is 261 Å². The first kappa shape index (κ1) is 34.2. The molecule has 0 radical (unpaired) electrons. The van der Waals surface area contributed by atoms with Crippen molar-refractivity contribution in [3.05, 3.63) is 77.9 Å². The van der Waals surface area contributed by atoms with Gasteiger partial charge in [0.25, 0.3) is 10.0 Å². The SMILES string of the molecule is CCCNC(=O)[C@@H](CC)N(Cc1cccc(C)c1)C(=O)CN(c1ccc(OCC)cc1)S(=O)(=O)c1ccc(OC)c(OC)c1. The van der Waals surface area contributed by atoms with E-state index < -0.39 is 28.5 Å². The molecule has 3 rings (SSSR count). The van der Waals surface area contributed by atoms with Crippen LogP contribution in [0.15, 0.2) is 71.6 Å². The first-order valence-electron chi connectivity index (χ1n) is 14.7. The van der Waals surface area contributed by atoms with E-state index in [-0.39, 0.29) is 28.8 Å². The van der Waals surface area contributed by atoms with Crippen molar-refractivity contribution in [3.63, 3.8) is 0 Å². The van der Waals surface area contributed by atoms with Crippen LogP contribution < -0.4 is 23.8 Å². The zero-order valence-electron chi connectivity index (χ0n) is 26.3. The summed E-state index contributed by atoms with van der Waals surface area (Å²) in [6.45, 7) is 8.07. The van der Waals surface area contributed by atoms with Gasteiger partial charge in [0.1, 0.15) is 18.3 Å². The van der Waals surface area contributed by atoms with Crippen LogP contribution in [0.25, 0.3) is 0 Å². The Morgan fingerprint density at radius 1 is 0.909 bits per heavy atom. The maximum Gasteiger partial charge on any atom is 0.264 e. The summed E-state index contributed by atoms with van der Waals surface area (Å²) in [4.78, 5) is 28.9. The number of nitrogens with one attached hydrogen (secondary N) is 1. The maximum atomic E-state index is 14.2. The molecule has 0 aliphatic heterocycles. The lowest BCUT2D eigenvalue weighted by Crippen LogP contribution is -2.52. The molecule has 0 saturated heterocycles. The maximum absolute atomic E-state index is 14.2. The van der Waals surface area contributed by atoms with Crippen LogP contribution >= 0.6 is 0 Å². The number of methoxy groups -OCH3 is 2. The van der Waals surface area contributed by atoms with Gasteiger partial charge in [-0.05, 0) is 68.7 Å². The number of sulfonamides is 1. The van der Waals surface area contributed by atoms with Crippen molar-refractivity contribution in [2.75, 3.05) is 38.2 Å². The highest BCUT2D eigenvalue weighted by Crippen LogP contribution is 2.33. The van der Waals surface area contributed by atoms with Gasteiger partial charge in [0.05, 0.1) is 31.4 Å². The molecule has 0 aliphatic rings. The van der Waals surface area contributed by atoms with E-state index >= 15 is 0 Å². The van der Waals surface area contributed by atoms with Gasteiger partial charge in [-0.3, -0.25) is 13.9 Å². The second-order valence-corrected chi connectivity index (χ2v) is 12.0. The lowest BCUT2D eigenvalue weighted by Gasteiger charge is -2.33. The molecule has 3 aromatic rings. The van der Waals surface area contributed by atoms with Crippen LogP contribution in [-0.4, -0.2) is 65.1 Å². The second-order valence-electron chi connectivity index (χ2n) is 10.2. The van der Waals surface area contributed by atoms with Gasteiger partial charge in [-0.15, -0.1) is 0 Å². The number of amides is 2. The molecule has 0 aromatic heterocycles. The quantitative estimate of drug-likeness (QED) is 0.240. The highest BCUT2D eigenvalue weighted by molar-refractivity contribution is 7.92. The van der Waals surface area contributed by atoms with E-state index in [0.29, 0.717) is 31.1 Å². The predicted molar refractivity (Wildman–Crippen MR) is 171 cm³/mol. The second kappa shape index (κ2) is 16.0. The Kier molecular flexibility index (Phi) is 12.5. The number of carbonyl (C=O) groups excluding carboxylic acids is 2. The highest BCUT2D eigenvalue weighted by Gasteiger charge is 2.34. The third-order valence-corrected chi connectivity index (χ3v) is 8.80. The molecular weight excluding hydrogens is 582 g/mol. The summed E-state index contributed by atoms with van der Waals surface area (Å²) in [7, 11) is -1.43. The van der Waals surface area contributed by atoms with Crippen LogP contribution in [-0.2, 0) is 26.2 Å². The molecule has 0 aliphatic carbocycles. The molecule has 1 atom stereocenters. The molecule has 0 unspecified atom stereocenters. The molecule has 11 heteroatoms. The number of aryl methyl sites for hydroxylation is 1. The molecule has 0 heterocycles. The third-order valence-electron chi connectivity index (χ3n) is 7.03. The van der Waals surface area contributed by atoms with Crippen LogP contribution in [0.5, 0.6) is 17.2 Å². The Balaban J connectivity index is 2.10. The van der Waals surface area contributed by atoms with Crippen LogP contribution in [0.3, 0.4) is 0 Å². The fourth-order valence-corrected chi connectivity index (χ4v) is 6.23. The number of hydrogen-bond acceptors (Lipinski definition) is 7. The lowest BCUT2D eigenvalue weighted by molar-refractivity contribution is -0.140. The molecule has 0 fully saturated rings. The van der Waals surface area contributed by atoms with Crippen molar-refractivity contribution in [1.29, 1.82) is 0 Å². The van der Waals surface area contributed by atoms with Gasteiger partial charge in [-0.2, -0.15) is 0 Å². The van der Waals surface area contributed by atoms with E-state index in [0.717, 1.165) is 21.9 Å². The summed E-state index contributed by atoms with van der Waals surface area (Å²) in [6, 6.07) is 17.6. The van der Waals surface area contributed by atoms with Gasteiger partial charge in [0.15, 0.2) is 11.5 Å². The number of ether oxygens (including phenoxy) is 3. The smallest absolute Gasteiger partial charge is 0.264 e.